The van der Waals surface area contributed by atoms with Gasteiger partial charge in [0.05, 0.1) is 0 Å². The highest BCUT2D eigenvalue weighted by Crippen LogP contribution is 2.20. The SMILES string of the molecule is CCCNC(=O)CCNC(=O)/C=C\c1cc(Br)cs1. The summed E-state index contributed by atoms with van der Waals surface area (Å²) in [6, 6.07) is 1.94. The number of halogens is 1. The summed E-state index contributed by atoms with van der Waals surface area (Å²) < 4.78 is 1.00. The minimum Gasteiger partial charge on any atom is -0.356 e. The van der Waals surface area contributed by atoms with E-state index in [1.165, 1.54) is 6.08 Å². The first-order valence-corrected chi connectivity index (χ1v) is 7.75. The molecule has 1 heterocycles. The second-order valence-electron chi connectivity index (χ2n) is 3.89. The molecule has 0 aliphatic carbocycles. The van der Waals surface area contributed by atoms with Gasteiger partial charge in [0, 0.05) is 40.3 Å². The zero-order valence-electron chi connectivity index (χ0n) is 10.7. The van der Waals surface area contributed by atoms with Gasteiger partial charge in [0.2, 0.25) is 11.8 Å². The summed E-state index contributed by atoms with van der Waals surface area (Å²) in [7, 11) is 0. The minimum absolute atomic E-state index is 0.0340. The molecule has 1 aromatic heterocycles. The summed E-state index contributed by atoms with van der Waals surface area (Å²) >= 11 is 4.90. The monoisotopic (exact) mass is 344 g/mol. The Morgan fingerprint density at radius 3 is 2.79 bits per heavy atom. The summed E-state index contributed by atoms with van der Waals surface area (Å²) in [5.74, 6) is -0.221. The van der Waals surface area contributed by atoms with E-state index in [9.17, 15) is 9.59 Å². The summed E-state index contributed by atoms with van der Waals surface area (Å²) in [5, 5.41) is 7.38. The van der Waals surface area contributed by atoms with Gasteiger partial charge in [0.15, 0.2) is 0 Å². The van der Waals surface area contributed by atoms with Gasteiger partial charge in [0.1, 0.15) is 0 Å². The van der Waals surface area contributed by atoms with Crippen LogP contribution in [0.15, 0.2) is 22.0 Å². The van der Waals surface area contributed by atoms with Crippen molar-refractivity contribution in [3.63, 3.8) is 0 Å². The van der Waals surface area contributed by atoms with Crippen molar-refractivity contribution >= 4 is 45.2 Å². The average molecular weight is 345 g/mol. The minimum atomic E-state index is -0.187. The first-order valence-electron chi connectivity index (χ1n) is 6.08. The number of thiophene rings is 1. The number of carbonyl (C=O) groups is 2. The molecule has 0 aliphatic rings. The molecule has 0 aromatic carbocycles. The Bertz CT molecular complexity index is 457. The van der Waals surface area contributed by atoms with Crippen LogP contribution < -0.4 is 10.6 Å². The smallest absolute Gasteiger partial charge is 0.244 e. The van der Waals surface area contributed by atoms with Gasteiger partial charge in [-0.1, -0.05) is 6.92 Å². The molecule has 0 unspecified atom stereocenters. The fourth-order valence-electron chi connectivity index (χ4n) is 1.28. The highest BCUT2D eigenvalue weighted by Gasteiger charge is 2.01. The Kier molecular flexibility index (Phi) is 7.43. The van der Waals surface area contributed by atoms with Gasteiger partial charge in [-0.15, -0.1) is 11.3 Å². The van der Waals surface area contributed by atoms with E-state index < -0.39 is 0 Å². The lowest BCUT2D eigenvalue weighted by molar-refractivity contribution is -0.121. The maximum atomic E-state index is 11.5. The summed E-state index contributed by atoms with van der Waals surface area (Å²) in [5.41, 5.74) is 0. The van der Waals surface area contributed by atoms with Crippen molar-refractivity contribution in [3.05, 3.63) is 26.9 Å². The molecule has 0 atom stereocenters. The molecule has 0 aliphatic heterocycles. The molecule has 6 heteroatoms. The second-order valence-corrected chi connectivity index (χ2v) is 5.75. The molecule has 4 nitrogen and oxygen atoms in total. The highest BCUT2D eigenvalue weighted by atomic mass is 79.9. The highest BCUT2D eigenvalue weighted by molar-refractivity contribution is 9.10. The first-order chi connectivity index (χ1) is 9.11. The quantitative estimate of drug-likeness (QED) is 0.746. The first kappa shape index (κ1) is 15.9. The van der Waals surface area contributed by atoms with Crippen molar-refractivity contribution in [1.29, 1.82) is 0 Å². The van der Waals surface area contributed by atoms with Crippen LogP contribution in [0.2, 0.25) is 0 Å². The second kappa shape index (κ2) is 8.87. The third-order valence-corrected chi connectivity index (χ3v) is 3.87. The standard InChI is InChI=1S/C13H17BrN2O2S/c1-2-6-15-13(18)5-7-16-12(17)4-3-11-8-10(14)9-19-11/h3-4,8-9H,2,5-7H2,1H3,(H,15,18)(H,16,17)/b4-3-. The summed E-state index contributed by atoms with van der Waals surface area (Å²) in [4.78, 5) is 23.8. The lowest BCUT2D eigenvalue weighted by Crippen LogP contribution is -2.30. The third kappa shape index (κ3) is 7.12. The molecule has 2 N–H and O–H groups in total. The Morgan fingerprint density at radius 1 is 1.37 bits per heavy atom. The van der Waals surface area contributed by atoms with Crippen LogP contribution in [0, 0.1) is 0 Å². The number of amides is 2. The van der Waals surface area contributed by atoms with Gasteiger partial charge in [-0.3, -0.25) is 9.59 Å². The lowest BCUT2D eigenvalue weighted by atomic mass is 10.3. The fourth-order valence-corrected chi connectivity index (χ4v) is 2.62. The van der Waals surface area contributed by atoms with Crippen LogP contribution >= 0.6 is 27.3 Å². The number of rotatable bonds is 7. The van der Waals surface area contributed by atoms with Crippen molar-refractivity contribution in [2.45, 2.75) is 19.8 Å². The Hall–Kier alpha value is -1.14. The van der Waals surface area contributed by atoms with Crippen LogP contribution in [-0.2, 0) is 9.59 Å². The van der Waals surface area contributed by atoms with Crippen molar-refractivity contribution in [2.75, 3.05) is 13.1 Å². The lowest BCUT2D eigenvalue weighted by Gasteiger charge is -2.03. The van der Waals surface area contributed by atoms with E-state index in [0.717, 1.165) is 15.8 Å². The van der Waals surface area contributed by atoms with E-state index in [4.69, 9.17) is 0 Å². The molecule has 0 saturated heterocycles. The van der Waals surface area contributed by atoms with E-state index in [1.54, 1.807) is 17.4 Å². The largest absolute Gasteiger partial charge is 0.356 e. The van der Waals surface area contributed by atoms with Crippen LogP contribution in [0.5, 0.6) is 0 Å². The van der Waals surface area contributed by atoms with Gasteiger partial charge < -0.3 is 10.6 Å². The predicted octanol–water partition coefficient (Wildman–Crippen LogP) is 2.56. The number of hydrogen-bond donors (Lipinski definition) is 2. The molecule has 0 bridgehead atoms. The molecule has 0 spiro atoms. The zero-order valence-corrected chi connectivity index (χ0v) is 13.1. The summed E-state index contributed by atoms with van der Waals surface area (Å²) in [6.07, 6.45) is 4.45. The Morgan fingerprint density at radius 2 is 2.16 bits per heavy atom. The molecule has 19 heavy (non-hydrogen) atoms. The maximum absolute atomic E-state index is 11.5. The molecule has 104 valence electrons. The molecule has 1 aromatic rings. The maximum Gasteiger partial charge on any atom is 0.244 e. The van der Waals surface area contributed by atoms with E-state index in [2.05, 4.69) is 26.6 Å². The molecule has 1 rings (SSSR count). The normalized spacial score (nSPS) is 10.6. The fraction of sp³-hybridized carbons (Fsp3) is 0.385. The van der Waals surface area contributed by atoms with E-state index in [1.807, 2.05) is 18.4 Å². The van der Waals surface area contributed by atoms with Gasteiger partial charge in [0.25, 0.3) is 0 Å². The van der Waals surface area contributed by atoms with Gasteiger partial charge >= 0.3 is 0 Å². The van der Waals surface area contributed by atoms with Crippen molar-refractivity contribution in [2.24, 2.45) is 0 Å². The van der Waals surface area contributed by atoms with Crippen molar-refractivity contribution < 1.29 is 9.59 Å². The summed E-state index contributed by atoms with van der Waals surface area (Å²) in [6.45, 7) is 3.03. The van der Waals surface area contributed by atoms with Crippen molar-refractivity contribution in [1.82, 2.24) is 10.6 Å². The number of carbonyl (C=O) groups excluding carboxylic acids is 2. The topological polar surface area (TPSA) is 58.2 Å². The molecule has 0 saturated carbocycles. The van der Waals surface area contributed by atoms with Crippen LogP contribution in [0.4, 0.5) is 0 Å². The average Bonchev–Trinajstić information content (AvgIpc) is 2.80. The number of nitrogens with one attached hydrogen (secondary N) is 2. The van der Waals surface area contributed by atoms with E-state index in [0.29, 0.717) is 19.5 Å². The third-order valence-electron chi connectivity index (χ3n) is 2.21. The zero-order chi connectivity index (χ0) is 14.1. The molecule has 2 amide bonds. The van der Waals surface area contributed by atoms with Crippen LogP contribution in [0.25, 0.3) is 6.08 Å². The molecule has 0 radical (unpaired) electrons. The van der Waals surface area contributed by atoms with Crippen LogP contribution in [0.3, 0.4) is 0 Å². The van der Waals surface area contributed by atoms with E-state index in [-0.39, 0.29) is 11.8 Å². The van der Waals surface area contributed by atoms with Gasteiger partial charge in [-0.05, 0) is 34.5 Å². The van der Waals surface area contributed by atoms with Crippen LogP contribution in [0.1, 0.15) is 24.6 Å². The van der Waals surface area contributed by atoms with Gasteiger partial charge in [-0.25, -0.2) is 0 Å². The van der Waals surface area contributed by atoms with E-state index >= 15 is 0 Å². The van der Waals surface area contributed by atoms with Gasteiger partial charge in [-0.2, -0.15) is 0 Å². The van der Waals surface area contributed by atoms with Crippen LogP contribution in [-0.4, -0.2) is 24.9 Å². The molecular weight excluding hydrogens is 328 g/mol. The number of hydrogen-bond acceptors (Lipinski definition) is 3. The Balaban J connectivity index is 2.21. The van der Waals surface area contributed by atoms with Crippen molar-refractivity contribution in [3.8, 4) is 0 Å². The molecular formula is C13H17BrN2O2S. The Labute approximate surface area is 125 Å². The molecule has 0 fully saturated rings. The predicted molar refractivity (Wildman–Crippen MR) is 82.0 cm³/mol.